The van der Waals surface area contributed by atoms with Crippen LogP contribution >= 0.6 is 12.4 Å². The fourth-order valence-electron chi connectivity index (χ4n) is 2.16. The van der Waals surface area contributed by atoms with E-state index in [9.17, 15) is 4.79 Å². The van der Waals surface area contributed by atoms with Gasteiger partial charge in [-0.2, -0.15) is 0 Å². The van der Waals surface area contributed by atoms with Gasteiger partial charge in [0.1, 0.15) is 11.4 Å². The number of hydrogen-bond donors (Lipinski definition) is 2. The third kappa shape index (κ3) is 8.24. The summed E-state index contributed by atoms with van der Waals surface area (Å²) in [7, 11) is 0. The van der Waals surface area contributed by atoms with E-state index < -0.39 is 6.04 Å². The van der Waals surface area contributed by atoms with E-state index in [0.29, 0.717) is 18.9 Å². The minimum absolute atomic E-state index is 0. The van der Waals surface area contributed by atoms with Gasteiger partial charge < -0.3 is 15.8 Å². The molecule has 0 bridgehead atoms. The van der Waals surface area contributed by atoms with Crippen LogP contribution in [0.15, 0.2) is 18.2 Å². The molecule has 3 N–H and O–H groups in total. The average molecular weight is 343 g/mol. The van der Waals surface area contributed by atoms with Crippen LogP contribution in [0.4, 0.5) is 0 Å². The summed E-state index contributed by atoms with van der Waals surface area (Å²) in [6.45, 7) is 12.6. The fourth-order valence-corrected chi connectivity index (χ4v) is 2.16. The quantitative estimate of drug-likeness (QED) is 0.830. The van der Waals surface area contributed by atoms with Gasteiger partial charge in [0, 0.05) is 12.1 Å². The molecule has 5 heteroatoms. The Hall–Kier alpha value is -1.26. The standard InChI is InChI=1S/C18H30N2O2.ClH/c1-12(2)9-15(19)17(21)20-11-14-8-7-13(3)10-16(14)22-18(4,5)6;/h7-8,10,12,15H,9,11,19H2,1-6H3,(H,20,21);1H/t15-;/m0./s1. The molecule has 0 aliphatic carbocycles. The molecule has 0 spiro atoms. The number of nitrogens with two attached hydrogens (primary N) is 1. The lowest BCUT2D eigenvalue weighted by molar-refractivity contribution is -0.122. The van der Waals surface area contributed by atoms with Crippen LogP contribution in [0.1, 0.15) is 52.2 Å². The average Bonchev–Trinajstić information content (AvgIpc) is 2.34. The number of benzene rings is 1. The van der Waals surface area contributed by atoms with Gasteiger partial charge in [-0.3, -0.25) is 4.79 Å². The summed E-state index contributed by atoms with van der Waals surface area (Å²) in [5.74, 6) is 1.10. The van der Waals surface area contributed by atoms with E-state index in [1.807, 2.05) is 45.9 Å². The number of halogens is 1. The maximum absolute atomic E-state index is 12.0. The van der Waals surface area contributed by atoms with Crippen molar-refractivity contribution in [2.24, 2.45) is 11.7 Å². The smallest absolute Gasteiger partial charge is 0.237 e. The molecule has 1 atom stereocenters. The first kappa shape index (κ1) is 21.7. The molecule has 0 saturated carbocycles. The summed E-state index contributed by atoms with van der Waals surface area (Å²) < 4.78 is 5.99. The van der Waals surface area contributed by atoms with Crippen LogP contribution in [-0.4, -0.2) is 17.6 Å². The highest BCUT2D eigenvalue weighted by molar-refractivity contribution is 5.85. The van der Waals surface area contributed by atoms with Gasteiger partial charge in [0.05, 0.1) is 6.04 Å². The van der Waals surface area contributed by atoms with E-state index in [1.54, 1.807) is 0 Å². The van der Waals surface area contributed by atoms with Crippen molar-refractivity contribution < 1.29 is 9.53 Å². The lowest BCUT2D eigenvalue weighted by atomic mass is 10.0. The van der Waals surface area contributed by atoms with E-state index in [-0.39, 0.29) is 23.9 Å². The van der Waals surface area contributed by atoms with Gasteiger partial charge in [0.2, 0.25) is 5.91 Å². The molecule has 0 heterocycles. The summed E-state index contributed by atoms with van der Waals surface area (Å²) >= 11 is 0. The van der Waals surface area contributed by atoms with Gasteiger partial charge >= 0.3 is 0 Å². The molecule has 1 aromatic rings. The lowest BCUT2D eigenvalue weighted by Gasteiger charge is -2.24. The van der Waals surface area contributed by atoms with Crippen molar-refractivity contribution >= 4 is 18.3 Å². The van der Waals surface area contributed by atoms with E-state index in [1.165, 1.54) is 0 Å². The molecule has 1 aromatic carbocycles. The first-order chi connectivity index (χ1) is 10.1. The van der Waals surface area contributed by atoms with Crippen LogP contribution in [0.3, 0.4) is 0 Å². The van der Waals surface area contributed by atoms with Gasteiger partial charge in [0.15, 0.2) is 0 Å². The number of hydrogen-bond acceptors (Lipinski definition) is 3. The second-order valence-electron chi connectivity index (χ2n) is 7.28. The van der Waals surface area contributed by atoms with Gasteiger partial charge in [-0.1, -0.05) is 26.0 Å². The number of amides is 1. The Morgan fingerprint density at radius 2 is 1.91 bits per heavy atom. The predicted molar refractivity (Wildman–Crippen MR) is 98.1 cm³/mol. The zero-order valence-electron chi connectivity index (χ0n) is 15.1. The van der Waals surface area contributed by atoms with E-state index >= 15 is 0 Å². The summed E-state index contributed by atoms with van der Waals surface area (Å²) in [4.78, 5) is 12.0. The molecule has 0 saturated heterocycles. The van der Waals surface area contributed by atoms with E-state index in [0.717, 1.165) is 16.9 Å². The van der Waals surface area contributed by atoms with Crippen LogP contribution in [0.5, 0.6) is 5.75 Å². The number of aryl methyl sites for hydroxylation is 1. The highest BCUT2D eigenvalue weighted by Crippen LogP contribution is 2.24. The molecule has 4 nitrogen and oxygen atoms in total. The second-order valence-corrected chi connectivity index (χ2v) is 7.28. The molecule has 0 fully saturated rings. The molecule has 0 aliphatic rings. The van der Waals surface area contributed by atoms with Gasteiger partial charge in [0.25, 0.3) is 0 Å². The van der Waals surface area contributed by atoms with Crippen molar-refractivity contribution in [3.05, 3.63) is 29.3 Å². The third-order valence-electron chi connectivity index (χ3n) is 3.15. The van der Waals surface area contributed by atoms with Gasteiger partial charge in [-0.25, -0.2) is 0 Å². The largest absolute Gasteiger partial charge is 0.488 e. The Morgan fingerprint density at radius 3 is 2.43 bits per heavy atom. The minimum Gasteiger partial charge on any atom is -0.488 e. The summed E-state index contributed by atoms with van der Waals surface area (Å²) in [5, 5.41) is 2.91. The Balaban J connectivity index is 0.00000484. The first-order valence-electron chi connectivity index (χ1n) is 7.90. The zero-order chi connectivity index (χ0) is 16.9. The summed E-state index contributed by atoms with van der Waals surface area (Å²) in [6.07, 6.45) is 0.686. The van der Waals surface area contributed by atoms with Gasteiger partial charge in [-0.05, 0) is 51.7 Å². The van der Waals surface area contributed by atoms with Crippen LogP contribution in [0.2, 0.25) is 0 Å². The number of ether oxygens (including phenoxy) is 1. The van der Waals surface area contributed by atoms with Crippen LogP contribution in [0, 0.1) is 12.8 Å². The zero-order valence-corrected chi connectivity index (χ0v) is 15.9. The second kappa shape index (κ2) is 9.14. The Bertz CT molecular complexity index is 510. The molecule has 132 valence electrons. The van der Waals surface area contributed by atoms with Crippen molar-refractivity contribution in [3.63, 3.8) is 0 Å². The van der Waals surface area contributed by atoms with Crippen molar-refractivity contribution in [1.82, 2.24) is 5.32 Å². The van der Waals surface area contributed by atoms with E-state index in [2.05, 4.69) is 19.2 Å². The molecule has 23 heavy (non-hydrogen) atoms. The topological polar surface area (TPSA) is 64.4 Å². The van der Waals surface area contributed by atoms with Gasteiger partial charge in [-0.15, -0.1) is 12.4 Å². The number of carbonyl (C=O) groups excluding carboxylic acids is 1. The molecule has 0 unspecified atom stereocenters. The predicted octanol–water partition coefficient (Wildman–Crippen LogP) is 3.58. The fraction of sp³-hybridized carbons (Fsp3) is 0.611. The molecule has 1 rings (SSSR count). The number of nitrogens with one attached hydrogen (secondary N) is 1. The molecular weight excluding hydrogens is 312 g/mol. The SMILES string of the molecule is Cc1ccc(CNC(=O)[C@@H](N)CC(C)C)c(OC(C)(C)C)c1.Cl. The first-order valence-corrected chi connectivity index (χ1v) is 7.90. The van der Waals surface area contributed by atoms with Crippen LogP contribution in [0.25, 0.3) is 0 Å². The molecule has 0 aromatic heterocycles. The highest BCUT2D eigenvalue weighted by Gasteiger charge is 2.17. The molecule has 1 amide bonds. The monoisotopic (exact) mass is 342 g/mol. The van der Waals surface area contributed by atoms with Crippen molar-refractivity contribution in [2.45, 2.75) is 66.2 Å². The number of rotatable bonds is 6. The molecule has 0 aliphatic heterocycles. The summed E-state index contributed by atoms with van der Waals surface area (Å²) in [6, 6.07) is 5.55. The molecule has 0 radical (unpaired) electrons. The van der Waals surface area contributed by atoms with Crippen LogP contribution in [-0.2, 0) is 11.3 Å². The Kier molecular flexibility index (Phi) is 8.64. The number of carbonyl (C=O) groups is 1. The maximum Gasteiger partial charge on any atom is 0.237 e. The minimum atomic E-state index is -0.461. The van der Waals surface area contributed by atoms with Crippen LogP contribution < -0.4 is 15.8 Å². The normalized spacial score (nSPS) is 12.5. The van der Waals surface area contributed by atoms with Crippen molar-refractivity contribution in [1.29, 1.82) is 0 Å². The Labute approximate surface area is 146 Å². The lowest BCUT2D eigenvalue weighted by Crippen LogP contribution is -2.41. The Morgan fingerprint density at radius 1 is 1.30 bits per heavy atom. The van der Waals surface area contributed by atoms with Crippen molar-refractivity contribution in [2.75, 3.05) is 0 Å². The van der Waals surface area contributed by atoms with Crippen molar-refractivity contribution in [3.8, 4) is 5.75 Å². The summed E-state index contributed by atoms with van der Waals surface area (Å²) in [5.41, 5.74) is 7.72. The molecular formula is C18H31ClN2O2. The highest BCUT2D eigenvalue weighted by atomic mass is 35.5. The van der Waals surface area contributed by atoms with E-state index in [4.69, 9.17) is 10.5 Å². The maximum atomic E-state index is 12.0. The third-order valence-corrected chi connectivity index (χ3v) is 3.15.